The van der Waals surface area contributed by atoms with Crippen molar-refractivity contribution in [3.05, 3.63) is 28.8 Å². The summed E-state index contributed by atoms with van der Waals surface area (Å²) in [5, 5.41) is 0.427. The summed E-state index contributed by atoms with van der Waals surface area (Å²) in [6, 6.07) is 4.55. The molecular weight excluding hydrogens is 236 g/mol. The number of halogens is 1. The molecule has 0 fully saturated rings. The van der Waals surface area contributed by atoms with Gasteiger partial charge in [0.2, 0.25) is 0 Å². The summed E-state index contributed by atoms with van der Waals surface area (Å²) in [5.41, 5.74) is 0.839. The fraction of sp³-hybridized carbons (Fsp3) is 0.400. The van der Waals surface area contributed by atoms with Gasteiger partial charge in [-0.2, -0.15) is 8.42 Å². The summed E-state index contributed by atoms with van der Waals surface area (Å²) in [6.45, 7) is 3.84. The molecule has 84 valence electrons. The second kappa shape index (κ2) is 4.96. The van der Waals surface area contributed by atoms with Crippen molar-refractivity contribution in [1.29, 1.82) is 0 Å². The maximum absolute atomic E-state index is 11.6. The third kappa shape index (κ3) is 3.19. The van der Waals surface area contributed by atoms with Crippen LogP contribution in [0, 0.1) is 6.92 Å². The molecule has 0 spiro atoms. The molecule has 3 nitrogen and oxygen atoms in total. The van der Waals surface area contributed by atoms with Crippen LogP contribution in [0.4, 0.5) is 0 Å². The molecule has 1 aromatic rings. The Morgan fingerprint density at radius 1 is 1.40 bits per heavy atom. The predicted octanol–water partition coefficient (Wildman–Crippen LogP) is 2.76. The normalized spacial score (nSPS) is 11.7. The summed E-state index contributed by atoms with van der Waals surface area (Å²) in [6.07, 6.45) is 0.652. The van der Waals surface area contributed by atoms with Gasteiger partial charge in [-0.3, -0.25) is 4.18 Å². The van der Waals surface area contributed by atoms with Crippen molar-refractivity contribution in [2.24, 2.45) is 0 Å². The van der Waals surface area contributed by atoms with Gasteiger partial charge >= 0.3 is 0 Å². The molecule has 0 bridgehead atoms. The van der Waals surface area contributed by atoms with Gasteiger partial charge in [0.05, 0.1) is 11.5 Å². The zero-order valence-corrected chi connectivity index (χ0v) is 10.2. The molecule has 0 amide bonds. The van der Waals surface area contributed by atoms with Gasteiger partial charge in [0.25, 0.3) is 10.1 Å². The minimum atomic E-state index is -3.65. The monoisotopic (exact) mass is 248 g/mol. The summed E-state index contributed by atoms with van der Waals surface area (Å²) in [5.74, 6) is 0. The maximum Gasteiger partial charge on any atom is 0.297 e. The van der Waals surface area contributed by atoms with Gasteiger partial charge in [-0.05, 0) is 31.0 Å². The Morgan fingerprint density at radius 3 is 2.60 bits per heavy atom. The minimum absolute atomic E-state index is 0.103. The third-order valence-corrected chi connectivity index (χ3v) is 3.59. The lowest BCUT2D eigenvalue weighted by Crippen LogP contribution is -2.07. The molecule has 5 heteroatoms. The molecule has 15 heavy (non-hydrogen) atoms. The van der Waals surface area contributed by atoms with Crippen LogP contribution in [0.5, 0.6) is 0 Å². The molecule has 0 aliphatic rings. The minimum Gasteiger partial charge on any atom is -0.266 e. The molecule has 1 aromatic carbocycles. The highest BCUT2D eigenvalue weighted by Crippen LogP contribution is 2.21. The van der Waals surface area contributed by atoms with E-state index in [9.17, 15) is 8.42 Å². The van der Waals surface area contributed by atoms with Crippen LogP contribution < -0.4 is 0 Å². The van der Waals surface area contributed by atoms with Gasteiger partial charge < -0.3 is 0 Å². The largest absolute Gasteiger partial charge is 0.297 e. The van der Waals surface area contributed by atoms with E-state index in [1.165, 1.54) is 12.1 Å². The Balaban J connectivity index is 3.00. The molecule has 0 saturated heterocycles. The zero-order chi connectivity index (χ0) is 11.5. The summed E-state index contributed by atoms with van der Waals surface area (Å²) >= 11 is 5.83. The number of benzene rings is 1. The van der Waals surface area contributed by atoms with E-state index in [1.54, 1.807) is 6.07 Å². The van der Waals surface area contributed by atoms with E-state index in [0.29, 0.717) is 11.4 Å². The number of rotatable bonds is 4. The first-order valence-corrected chi connectivity index (χ1v) is 6.41. The standard InChI is InChI=1S/C10H13ClO3S/c1-3-6-14-15(12,13)9-5-4-8(2)10(11)7-9/h4-5,7H,3,6H2,1-2H3. The first-order chi connectivity index (χ1) is 6.97. The van der Waals surface area contributed by atoms with E-state index in [0.717, 1.165) is 5.56 Å². The maximum atomic E-state index is 11.6. The van der Waals surface area contributed by atoms with Crippen LogP contribution in [0.15, 0.2) is 23.1 Å². The Bertz CT molecular complexity index is 440. The van der Waals surface area contributed by atoms with E-state index in [2.05, 4.69) is 0 Å². The Kier molecular flexibility index (Phi) is 4.13. The topological polar surface area (TPSA) is 43.4 Å². The van der Waals surface area contributed by atoms with Crippen molar-refractivity contribution < 1.29 is 12.6 Å². The second-order valence-corrected chi connectivity index (χ2v) is 5.21. The SMILES string of the molecule is CCCOS(=O)(=O)c1ccc(C)c(Cl)c1. The first kappa shape index (κ1) is 12.5. The summed E-state index contributed by atoms with van der Waals surface area (Å²) < 4.78 is 27.9. The Morgan fingerprint density at radius 2 is 2.07 bits per heavy atom. The van der Waals surface area contributed by atoms with Gasteiger partial charge in [0, 0.05) is 5.02 Å². The van der Waals surface area contributed by atoms with E-state index in [1.807, 2.05) is 13.8 Å². The highest BCUT2D eigenvalue weighted by molar-refractivity contribution is 7.86. The first-order valence-electron chi connectivity index (χ1n) is 4.63. The molecular formula is C10H13ClO3S. The number of hydrogen-bond donors (Lipinski definition) is 0. The summed E-state index contributed by atoms with van der Waals surface area (Å²) in [7, 11) is -3.65. The molecule has 0 aliphatic heterocycles. The lowest BCUT2D eigenvalue weighted by molar-refractivity contribution is 0.318. The van der Waals surface area contributed by atoms with Crippen LogP contribution in [-0.2, 0) is 14.3 Å². The predicted molar refractivity (Wildman–Crippen MR) is 59.6 cm³/mol. The third-order valence-electron chi connectivity index (χ3n) is 1.87. The van der Waals surface area contributed by atoms with E-state index >= 15 is 0 Å². The molecule has 0 atom stereocenters. The van der Waals surface area contributed by atoms with Crippen molar-refractivity contribution in [2.45, 2.75) is 25.2 Å². The Labute approximate surface area is 95.1 Å². The van der Waals surface area contributed by atoms with Crippen LogP contribution in [0.25, 0.3) is 0 Å². The van der Waals surface area contributed by atoms with E-state index in [-0.39, 0.29) is 11.5 Å². The lowest BCUT2D eigenvalue weighted by Gasteiger charge is -2.05. The molecule has 0 saturated carbocycles. The van der Waals surface area contributed by atoms with Gasteiger partial charge in [-0.15, -0.1) is 0 Å². The van der Waals surface area contributed by atoms with Crippen molar-refractivity contribution in [2.75, 3.05) is 6.61 Å². The quantitative estimate of drug-likeness (QED) is 0.770. The van der Waals surface area contributed by atoms with E-state index in [4.69, 9.17) is 15.8 Å². The van der Waals surface area contributed by atoms with Gasteiger partial charge in [-0.25, -0.2) is 0 Å². The van der Waals surface area contributed by atoms with Crippen LogP contribution in [0.3, 0.4) is 0 Å². The average molecular weight is 249 g/mol. The smallest absolute Gasteiger partial charge is 0.266 e. The van der Waals surface area contributed by atoms with Crippen molar-refractivity contribution >= 4 is 21.7 Å². The molecule has 0 heterocycles. The lowest BCUT2D eigenvalue weighted by atomic mass is 10.2. The molecule has 0 N–H and O–H groups in total. The van der Waals surface area contributed by atoms with Crippen LogP contribution in [0.1, 0.15) is 18.9 Å². The van der Waals surface area contributed by atoms with Crippen LogP contribution >= 0.6 is 11.6 Å². The van der Waals surface area contributed by atoms with Crippen molar-refractivity contribution in [3.8, 4) is 0 Å². The average Bonchev–Trinajstić information content (AvgIpc) is 2.19. The molecule has 0 radical (unpaired) electrons. The van der Waals surface area contributed by atoms with Gasteiger partial charge in [-0.1, -0.05) is 24.6 Å². The second-order valence-electron chi connectivity index (χ2n) is 3.19. The fourth-order valence-electron chi connectivity index (χ4n) is 0.990. The van der Waals surface area contributed by atoms with E-state index < -0.39 is 10.1 Å². The number of hydrogen-bond acceptors (Lipinski definition) is 3. The van der Waals surface area contributed by atoms with Gasteiger partial charge in [0.1, 0.15) is 0 Å². The highest BCUT2D eigenvalue weighted by Gasteiger charge is 2.15. The van der Waals surface area contributed by atoms with Crippen LogP contribution in [0.2, 0.25) is 5.02 Å². The summed E-state index contributed by atoms with van der Waals surface area (Å²) in [4.78, 5) is 0.103. The van der Waals surface area contributed by atoms with Crippen molar-refractivity contribution in [1.82, 2.24) is 0 Å². The molecule has 0 aromatic heterocycles. The highest BCUT2D eigenvalue weighted by atomic mass is 35.5. The van der Waals surface area contributed by atoms with Gasteiger partial charge in [0.15, 0.2) is 0 Å². The molecule has 1 rings (SSSR count). The fourth-order valence-corrected chi connectivity index (χ4v) is 2.25. The Hall–Kier alpha value is -0.580. The molecule has 0 aliphatic carbocycles. The molecule has 0 unspecified atom stereocenters. The zero-order valence-electron chi connectivity index (χ0n) is 8.66. The van der Waals surface area contributed by atoms with Crippen LogP contribution in [-0.4, -0.2) is 15.0 Å². The number of aryl methyl sites for hydroxylation is 1. The van der Waals surface area contributed by atoms with Crippen molar-refractivity contribution in [3.63, 3.8) is 0 Å².